The molecule has 5 unspecified atom stereocenters. The van der Waals surface area contributed by atoms with Crippen LogP contribution in [0.2, 0.25) is 0 Å². The first-order valence-electron chi connectivity index (χ1n) is 12.6. The van der Waals surface area contributed by atoms with E-state index in [0.29, 0.717) is 18.4 Å². The normalized spacial score (nSPS) is 25.6. The molecule has 0 spiro atoms. The highest BCUT2D eigenvalue weighted by Crippen LogP contribution is 2.38. The second-order valence-corrected chi connectivity index (χ2v) is 10.1. The Labute approximate surface area is 194 Å². The molecular formula is C27H43N3O2. The van der Waals surface area contributed by atoms with Gasteiger partial charge in [-0.3, -0.25) is 9.69 Å². The third kappa shape index (κ3) is 6.82. The van der Waals surface area contributed by atoms with E-state index in [1.54, 1.807) is 0 Å². The number of aliphatic hydroxyl groups is 1. The number of carbonyl (C=O) groups excluding carboxylic acids is 1. The van der Waals surface area contributed by atoms with Crippen molar-refractivity contribution in [3.63, 3.8) is 0 Å². The van der Waals surface area contributed by atoms with Crippen LogP contribution in [0.25, 0.3) is 0 Å². The SMILES string of the molecule is C=C(CC)NC(Cc1ccccc1)C(O)CN1CC2CCCCC2CC1C(=O)NC(C)C. The van der Waals surface area contributed by atoms with Gasteiger partial charge in [0.15, 0.2) is 0 Å². The molecule has 0 aromatic heterocycles. The molecule has 0 bridgehead atoms. The minimum Gasteiger partial charge on any atom is -0.390 e. The van der Waals surface area contributed by atoms with Crippen molar-refractivity contribution in [3.05, 3.63) is 48.2 Å². The van der Waals surface area contributed by atoms with Crippen LogP contribution in [0.15, 0.2) is 42.6 Å². The first-order chi connectivity index (χ1) is 15.4. The van der Waals surface area contributed by atoms with Crippen LogP contribution in [-0.2, 0) is 11.2 Å². The zero-order valence-electron chi connectivity index (χ0n) is 20.2. The van der Waals surface area contributed by atoms with Crippen molar-refractivity contribution in [1.29, 1.82) is 0 Å². The summed E-state index contributed by atoms with van der Waals surface area (Å²) in [5.74, 6) is 1.39. The van der Waals surface area contributed by atoms with Gasteiger partial charge >= 0.3 is 0 Å². The first kappa shape index (κ1) is 24.8. The number of β-amino-alcohol motifs (C(OH)–C–C–N with tert-alkyl or cyclic N) is 1. The fourth-order valence-electron chi connectivity index (χ4n) is 5.44. The Bertz CT molecular complexity index is 736. The molecule has 3 rings (SSSR count). The van der Waals surface area contributed by atoms with Crippen molar-refractivity contribution >= 4 is 5.91 Å². The molecule has 1 aliphatic heterocycles. The number of likely N-dealkylation sites (tertiary alicyclic amines) is 1. The fraction of sp³-hybridized carbons (Fsp3) is 0.667. The molecule has 1 saturated heterocycles. The first-order valence-corrected chi connectivity index (χ1v) is 12.6. The van der Waals surface area contributed by atoms with Gasteiger partial charge in [-0.25, -0.2) is 0 Å². The molecule has 178 valence electrons. The summed E-state index contributed by atoms with van der Waals surface area (Å²) in [5, 5.41) is 18.0. The zero-order chi connectivity index (χ0) is 23.1. The highest BCUT2D eigenvalue weighted by atomic mass is 16.3. The number of amides is 1. The standard InChI is InChI=1S/C27H43N3O2/c1-5-20(4)29-24(15-21-11-7-6-8-12-21)26(31)18-30-17-23-14-10-9-13-22(23)16-25(30)27(32)28-19(2)3/h6-8,11-12,19,22-26,29,31H,4-5,9-10,13-18H2,1-3H3,(H,28,32). The van der Waals surface area contributed by atoms with E-state index < -0.39 is 6.10 Å². The number of hydrogen-bond donors (Lipinski definition) is 3. The molecule has 5 atom stereocenters. The van der Waals surface area contributed by atoms with Crippen LogP contribution in [0.1, 0.15) is 64.9 Å². The predicted octanol–water partition coefficient (Wildman–Crippen LogP) is 3.88. The largest absolute Gasteiger partial charge is 0.390 e. The summed E-state index contributed by atoms with van der Waals surface area (Å²) in [5.41, 5.74) is 2.12. The molecule has 1 aromatic carbocycles. The van der Waals surface area contributed by atoms with E-state index in [0.717, 1.165) is 31.5 Å². The van der Waals surface area contributed by atoms with E-state index in [9.17, 15) is 9.90 Å². The Kier molecular flexibility index (Phi) is 9.18. The van der Waals surface area contributed by atoms with Crippen molar-refractivity contribution in [3.8, 4) is 0 Å². The molecule has 32 heavy (non-hydrogen) atoms. The van der Waals surface area contributed by atoms with Crippen LogP contribution in [0, 0.1) is 11.8 Å². The maximum atomic E-state index is 13.1. The summed E-state index contributed by atoms with van der Waals surface area (Å²) >= 11 is 0. The number of piperidine rings is 1. The molecule has 2 fully saturated rings. The molecule has 0 radical (unpaired) electrons. The van der Waals surface area contributed by atoms with Gasteiger partial charge < -0.3 is 15.7 Å². The van der Waals surface area contributed by atoms with Crippen LogP contribution in [0.3, 0.4) is 0 Å². The van der Waals surface area contributed by atoms with Crippen molar-refractivity contribution in [2.75, 3.05) is 13.1 Å². The summed E-state index contributed by atoms with van der Waals surface area (Å²) in [6.45, 7) is 11.6. The van der Waals surface area contributed by atoms with Gasteiger partial charge in [0.05, 0.1) is 18.2 Å². The number of benzene rings is 1. The van der Waals surface area contributed by atoms with Gasteiger partial charge in [-0.15, -0.1) is 0 Å². The lowest BCUT2D eigenvalue weighted by molar-refractivity contribution is -0.131. The van der Waals surface area contributed by atoms with Crippen LogP contribution in [0.5, 0.6) is 0 Å². The lowest BCUT2D eigenvalue weighted by atomic mass is 9.72. The molecular weight excluding hydrogens is 398 g/mol. The maximum absolute atomic E-state index is 13.1. The average Bonchev–Trinajstić information content (AvgIpc) is 2.78. The molecule has 1 aliphatic carbocycles. The van der Waals surface area contributed by atoms with Crippen LogP contribution in [0.4, 0.5) is 0 Å². The molecule has 1 aromatic rings. The van der Waals surface area contributed by atoms with Crippen LogP contribution in [-0.4, -0.2) is 53.2 Å². The number of aliphatic hydroxyl groups excluding tert-OH is 1. The number of nitrogens with zero attached hydrogens (tertiary/aromatic N) is 1. The Morgan fingerprint density at radius 2 is 1.84 bits per heavy atom. The van der Waals surface area contributed by atoms with Gasteiger partial charge in [0.1, 0.15) is 0 Å². The van der Waals surface area contributed by atoms with Crippen molar-refractivity contribution < 1.29 is 9.90 Å². The van der Waals surface area contributed by atoms with E-state index in [1.807, 2.05) is 32.0 Å². The summed E-state index contributed by atoms with van der Waals surface area (Å²) in [7, 11) is 0. The molecule has 2 aliphatic rings. The topological polar surface area (TPSA) is 64.6 Å². The smallest absolute Gasteiger partial charge is 0.237 e. The summed E-state index contributed by atoms with van der Waals surface area (Å²) < 4.78 is 0. The molecule has 5 nitrogen and oxygen atoms in total. The van der Waals surface area contributed by atoms with Gasteiger partial charge in [-0.2, -0.15) is 0 Å². The third-order valence-electron chi connectivity index (χ3n) is 7.24. The third-order valence-corrected chi connectivity index (χ3v) is 7.24. The number of nitrogens with one attached hydrogen (secondary N) is 2. The monoisotopic (exact) mass is 441 g/mol. The Hall–Kier alpha value is -1.85. The lowest BCUT2D eigenvalue weighted by Crippen LogP contribution is -2.59. The van der Waals surface area contributed by atoms with E-state index in [1.165, 1.54) is 31.2 Å². The minimum atomic E-state index is -0.590. The number of hydrogen-bond acceptors (Lipinski definition) is 4. The quantitative estimate of drug-likeness (QED) is 0.516. The second kappa shape index (κ2) is 11.9. The van der Waals surface area contributed by atoms with Crippen LogP contribution >= 0.6 is 0 Å². The lowest BCUT2D eigenvalue weighted by Gasteiger charge is -2.46. The second-order valence-electron chi connectivity index (χ2n) is 10.1. The fourth-order valence-corrected chi connectivity index (χ4v) is 5.44. The minimum absolute atomic E-state index is 0.113. The molecule has 1 heterocycles. The van der Waals surface area contributed by atoms with Gasteiger partial charge in [0.25, 0.3) is 0 Å². The number of allylic oxidation sites excluding steroid dienone is 1. The number of carbonyl (C=O) groups is 1. The summed E-state index contributed by atoms with van der Waals surface area (Å²) in [4.78, 5) is 15.4. The predicted molar refractivity (Wildman–Crippen MR) is 131 cm³/mol. The molecule has 5 heteroatoms. The molecule has 1 saturated carbocycles. The Balaban J connectivity index is 1.74. The van der Waals surface area contributed by atoms with E-state index in [-0.39, 0.29) is 24.0 Å². The van der Waals surface area contributed by atoms with E-state index >= 15 is 0 Å². The van der Waals surface area contributed by atoms with E-state index in [4.69, 9.17) is 0 Å². The maximum Gasteiger partial charge on any atom is 0.237 e. The average molecular weight is 442 g/mol. The number of rotatable bonds is 10. The van der Waals surface area contributed by atoms with Gasteiger partial charge in [-0.05, 0) is 56.9 Å². The Morgan fingerprint density at radius 1 is 1.16 bits per heavy atom. The zero-order valence-corrected chi connectivity index (χ0v) is 20.2. The Morgan fingerprint density at radius 3 is 2.50 bits per heavy atom. The number of fused-ring (bicyclic) bond motifs is 1. The highest BCUT2D eigenvalue weighted by Gasteiger charge is 2.41. The summed E-state index contributed by atoms with van der Waals surface area (Å²) in [6, 6.07) is 10.1. The van der Waals surface area contributed by atoms with Gasteiger partial charge in [0, 0.05) is 24.8 Å². The molecule has 1 amide bonds. The van der Waals surface area contributed by atoms with Crippen LogP contribution < -0.4 is 10.6 Å². The van der Waals surface area contributed by atoms with Crippen molar-refractivity contribution in [2.24, 2.45) is 11.8 Å². The highest BCUT2D eigenvalue weighted by molar-refractivity contribution is 5.82. The van der Waals surface area contributed by atoms with Crippen molar-refractivity contribution in [1.82, 2.24) is 15.5 Å². The van der Waals surface area contributed by atoms with Crippen molar-refractivity contribution in [2.45, 2.75) is 89.9 Å². The van der Waals surface area contributed by atoms with Gasteiger partial charge in [-0.1, -0.05) is 63.1 Å². The van der Waals surface area contributed by atoms with Gasteiger partial charge in [0.2, 0.25) is 5.91 Å². The summed E-state index contributed by atoms with van der Waals surface area (Å²) in [6.07, 6.45) is 6.92. The van der Waals surface area contributed by atoms with E-state index in [2.05, 4.69) is 41.2 Å². The molecule has 3 N–H and O–H groups in total.